The molecule has 23 heavy (non-hydrogen) atoms. The Morgan fingerprint density at radius 1 is 0.870 bits per heavy atom. The van der Waals surface area contributed by atoms with Crippen molar-refractivity contribution in [3.8, 4) is 0 Å². The number of carbonyl (C=O) groups is 2. The van der Waals surface area contributed by atoms with Gasteiger partial charge in [-0.3, -0.25) is 9.59 Å². The van der Waals surface area contributed by atoms with Gasteiger partial charge in [0.25, 0.3) is 11.8 Å². The summed E-state index contributed by atoms with van der Waals surface area (Å²) >= 11 is 0. The minimum atomic E-state index is -0.129. The standard InChI is InChI=1S/C19H22N2O2/c1-14(2)21-19(23)17-10-8-16(9-11-17)18(22)20-13-12-15-6-4-3-5-7-15/h3-11,14H,12-13H2,1-2H3,(H,20,22)(H,21,23). The lowest BCUT2D eigenvalue weighted by molar-refractivity contribution is 0.0935. The topological polar surface area (TPSA) is 58.2 Å². The molecule has 0 saturated heterocycles. The monoisotopic (exact) mass is 310 g/mol. The molecule has 2 rings (SSSR count). The Labute approximate surface area is 136 Å². The maximum Gasteiger partial charge on any atom is 0.251 e. The molecule has 2 aromatic rings. The van der Waals surface area contributed by atoms with Crippen molar-refractivity contribution in [1.82, 2.24) is 10.6 Å². The van der Waals surface area contributed by atoms with Crippen LogP contribution in [0.3, 0.4) is 0 Å². The SMILES string of the molecule is CC(C)NC(=O)c1ccc(C(=O)NCCc2ccccc2)cc1. The lowest BCUT2D eigenvalue weighted by Gasteiger charge is -2.09. The van der Waals surface area contributed by atoms with Crippen LogP contribution in [0.25, 0.3) is 0 Å². The molecule has 0 saturated carbocycles. The summed E-state index contributed by atoms with van der Waals surface area (Å²) in [5.41, 5.74) is 2.30. The summed E-state index contributed by atoms with van der Waals surface area (Å²) in [4.78, 5) is 23.9. The van der Waals surface area contributed by atoms with E-state index < -0.39 is 0 Å². The van der Waals surface area contributed by atoms with Crippen LogP contribution in [0.5, 0.6) is 0 Å². The normalized spacial score (nSPS) is 10.4. The molecule has 0 aromatic heterocycles. The maximum absolute atomic E-state index is 12.1. The van der Waals surface area contributed by atoms with E-state index in [4.69, 9.17) is 0 Å². The van der Waals surface area contributed by atoms with Crippen LogP contribution in [0.4, 0.5) is 0 Å². The minimum absolute atomic E-state index is 0.0865. The molecule has 0 atom stereocenters. The van der Waals surface area contributed by atoms with Crippen LogP contribution >= 0.6 is 0 Å². The second kappa shape index (κ2) is 8.13. The number of hydrogen-bond acceptors (Lipinski definition) is 2. The van der Waals surface area contributed by atoms with Crippen molar-refractivity contribution in [2.45, 2.75) is 26.3 Å². The minimum Gasteiger partial charge on any atom is -0.352 e. The lowest BCUT2D eigenvalue weighted by Crippen LogP contribution is -2.30. The highest BCUT2D eigenvalue weighted by Crippen LogP contribution is 2.05. The molecule has 0 radical (unpaired) electrons. The Hall–Kier alpha value is -2.62. The highest BCUT2D eigenvalue weighted by molar-refractivity contribution is 5.97. The van der Waals surface area contributed by atoms with Gasteiger partial charge in [-0.25, -0.2) is 0 Å². The predicted octanol–water partition coefficient (Wildman–Crippen LogP) is 2.80. The third kappa shape index (κ3) is 5.25. The van der Waals surface area contributed by atoms with Crippen LogP contribution in [-0.4, -0.2) is 24.4 Å². The maximum atomic E-state index is 12.1. The zero-order chi connectivity index (χ0) is 16.7. The van der Waals surface area contributed by atoms with Gasteiger partial charge in [-0.1, -0.05) is 30.3 Å². The zero-order valence-corrected chi connectivity index (χ0v) is 13.5. The van der Waals surface area contributed by atoms with Crippen molar-refractivity contribution in [2.24, 2.45) is 0 Å². The van der Waals surface area contributed by atoms with E-state index in [0.717, 1.165) is 6.42 Å². The van der Waals surface area contributed by atoms with Crippen molar-refractivity contribution in [1.29, 1.82) is 0 Å². The summed E-state index contributed by atoms with van der Waals surface area (Å²) in [5, 5.41) is 5.71. The predicted molar refractivity (Wildman–Crippen MR) is 91.5 cm³/mol. The smallest absolute Gasteiger partial charge is 0.251 e. The molecule has 120 valence electrons. The Kier molecular flexibility index (Phi) is 5.92. The first-order valence-corrected chi connectivity index (χ1v) is 7.79. The number of nitrogens with one attached hydrogen (secondary N) is 2. The van der Waals surface area contributed by atoms with Crippen molar-refractivity contribution >= 4 is 11.8 Å². The zero-order valence-electron chi connectivity index (χ0n) is 13.5. The largest absolute Gasteiger partial charge is 0.352 e. The van der Waals surface area contributed by atoms with Gasteiger partial charge in [-0.05, 0) is 50.1 Å². The van der Waals surface area contributed by atoms with Crippen molar-refractivity contribution < 1.29 is 9.59 Å². The molecule has 0 aliphatic rings. The second-order valence-corrected chi connectivity index (χ2v) is 5.70. The summed E-state index contributed by atoms with van der Waals surface area (Å²) in [6.07, 6.45) is 0.793. The summed E-state index contributed by atoms with van der Waals surface area (Å²) in [6, 6.07) is 16.8. The fourth-order valence-corrected chi connectivity index (χ4v) is 2.19. The Balaban J connectivity index is 1.86. The van der Waals surface area contributed by atoms with Crippen molar-refractivity contribution in [2.75, 3.05) is 6.54 Å². The Bertz CT molecular complexity index is 649. The van der Waals surface area contributed by atoms with E-state index in [9.17, 15) is 9.59 Å². The van der Waals surface area contributed by atoms with Crippen molar-refractivity contribution in [3.63, 3.8) is 0 Å². The van der Waals surface area contributed by atoms with Crippen LogP contribution in [-0.2, 0) is 6.42 Å². The van der Waals surface area contributed by atoms with Gasteiger partial charge in [0, 0.05) is 23.7 Å². The molecule has 2 amide bonds. The first kappa shape index (κ1) is 16.7. The summed E-state index contributed by atoms with van der Waals surface area (Å²) < 4.78 is 0. The van der Waals surface area contributed by atoms with Crippen LogP contribution in [0.1, 0.15) is 40.1 Å². The molecule has 0 aliphatic heterocycles. The first-order valence-electron chi connectivity index (χ1n) is 7.79. The van der Waals surface area contributed by atoms with E-state index in [1.54, 1.807) is 24.3 Å². The van der Waals surface area contributed by atoms with Crippen LogP contribution < -0.4 is 10.6 Å². The molecule has 0 aliphatic carbocycles. The number of amides is 2. The van der Waals surface area contributed by atoms with E-state index in [1.807, 2.05) is 44.2 Å². The van der Waals surface area contributed by atoms with Gasteiger partial charge in [0.05, 0.1) is 0 Å². The Morgan fingerprint density at radius 2 is 1.43 bits per heavy atom. The van der Waals surface area contributed by atoms with Crippen LogP contribution in [0.2, 0.25) is 0 Å². The van der Waals surface area contributed by atoms with Crippen molar-refractivity contribution in [3.05, 3.63) is 71.3 Å². The third-order valence-corrected chi connectivity index (χ3v) is 3.37. The molecule has 4 nitrogen and oxygen atoms in total. The summed E-state index contributed by atoms with van der Waals surface area (Å²) in [6.45, 7) is 4.40. The van der Waals surface area contributed by atoms with Gasteiger partial charge in [-0.2, -0.15) is 0 Å². The molecular formula is C19H22N2O2. The first-order chi connectivity index (χ1) is 11.1. The quantitative estimate of drug-likeness (QED) is 0.862. The second-order valence-electron chi connectivity index (χ2n) is 5.70. The van der Waals surface area contributed by atoms with Crippen LogP contribution in [0.15, 0.2) is 54.6 Å². The molecule has 2 aromatic carbocycles. The molecule has 0 heterocycles. The van der Waals surface area contributed by atoms with Gasteiger partial charge in [0.1, 0.15) is 0 Å². The molecule has 2 N–H and O–H groups in total. The highest BCUT2D eigenvalue weighted by Gasteiger charge is 2.09. The third-order valence-electron chi connectivity index (χ3n) is 3.37. The average Bonchev–Trinajstić information content (AvgIpc) is 2.55. The number of rotatable bonds is 6. The average molecular weight is 310 g/mol. The van der Waals surface area contributed by atoms with E-state index >= 15 is 0 Å². The van der Waals surface area contributed by atoms with Gasteiger partial charge in [-0.15, -0.1) is 0 Å². The lowest BCUT2D eigenvalue weighted by atomic mass is 10.1. The molecule has 0 unspecified atom stereocenters. The fourth-order valence-electron chi connectivity index (χ4n) is 2.19. The van der Waals surface area contributed by atoms with Gasteiger partial charge < -0.3 is 10.6 Å². The number of hydrogen-bond donors (Lipinski definition) is 2. The van der Waals surface area contributed by atoms with E-state index in [-0.39, 0.29) is 17.9 Å². The molecule has 4 heteroatoms. The fraction of sp³-hybridized carbons (Fsp3) is 0.263. The van der Waals surface area contributed by atoms with E-state index in [2.05, 4.69) is 10.6 Å². The molecular weight excluding hydrogens is 288 g/mol. The van der Waals surface area contributed by atoms with Gasteiger partial charge in [0.15, 0.2) is 0 Å². The summed E-state index contributed by atoms with van der Waals surface area (Å²) in [5.74, 6) is -0.257. The van der Waals surface area contributed by atoms with E-state index in [0.29, 0.717) is 17.7 Å². The summed E-state index contributed by atoms with van der Waals surface area (Å²) in [7, 11) is 0. The molecule has 0 bridgehead atoms. The van der Waals surface area contributed by atoms with E-state index in [1.165, 1.54) is 5.56 Å². The molecule has 0 spiro atoms. The molecule has 0 fully saturated rings. The highest BCUT2D eigenvalue weighted by atomic mass is 16.2. The Morgan fingerprint density at radius 3 is 2.00 bits per heavy atom. The van der Waals surface area contributed by atoms with Gasteiger partial charge >= 0.3 is 0 Å². The van der Waals surface area contributed by atoms with Gasteiger partial charge in [0.2, 0.25) is 0 Å². The van der Waals surface area contributed by atoms with Crippen LogP contribution in [0, 0.1) is 0 Å². The number of carbonyl (C=O) groups excluding carboxylic acids is 2. The number of benzene rings is 2.